The van der Waals surface area contributed by atoms with E-state index in [1.165, 1.54) is 16.4 Å². The Morgan fingerprint density at radius 3 is 2.23 bits per heavy atom. The van der Waals surface area contributed by atoms with Crippen LogP contribution in [-0.4, -0.2) is 27.0 Å². The first-order chi connectivity index (χ1) is 14.8. The summed E-state index contributed by atoms with van der Waals surface area (Å²) < 4.78 is 33.0. The van der Waals surface area contributed by atoms with E-state index in [-0.39, 0.29) is 10.8 Å². The number of halogens is 1. The Kier molecular flexibility index (Phi) is 7.20. The van der Waals surface area contributed by atoms with Gasteiger partial charge in [-0.2, -0.15) is 0 Å². The number of carbonyl (C=O) groups excluding carboxylic acids is 1. The number of benzene rings is 3. The summed E-state index contributed by atoms with van der Waals surface area (Å²) in [6.07, 6.45) is -0.794. The Morgan fingerprint density at radius 2 is 1.61 bits per heavy atom. The summed E-state index contributed by atoms with van der Waals surface area (Å²) in [5.74, 6) is 0.0313. The van der Waals surface area contributed by atoms with Crippen LogP contribution in [0, 0.1) is 0 Å². The maximum absolute atomic E-state index is 13.0. The van der Waals surface area contributed by atoms with Crippen LogP contribution in [0.4, 0.5) is 11.4 Å². The zero-order chi connectivity index (χ0) is 22.4. The third-order valence-electron chi connectivity index (χ3n) is 4.55. The van der Waals surface area contributed by atoms with Crippen LogP contribution in [0.25, 0.3) is 0 Å². The number of hydrogen-bond donors (Lipinski definition) is 1. The summed E-state index contributed by atoms with van der Waals surface area (Å²) in [6.45, 7) is 3.68. The normalized spacial score (nSPS) is 12.1. The SMILES string of the molecule is CCN(c1ccccc1)S(=O)(=O)c1ccc(NC(=O)C(C)Oc2ccccc2Cl)cc1. The van der Waals surface area contributed by atoms with Crippen molar-refractivity contribution in [2.24, 2.45) is 0 Å². The highest BCUT2D eigenvalue weighted by Gasteiger charge is 2.23. The maximum Gasteiger partial charge on any atom is 0.265 e. The molecular weight excluding hydrogens is 436 g/mol. The van der Waals surface area contributed by atoms with Crippen LogP contribution < -0.4 is 14.4 Å². The number of nitrogens with one attached hydrogen (secondary N) is 1. The second-order valence-electron chi connectivity index (χ2n) is 6.71. The molecule has 0 aromatic heterocycles. The lowest BCUT2D eigenvalue weighted by Gasteiger charge is -2.23. The minimum Gasteiger partial charge on any atom is -0.479 e. The van der Waals surface area contributed by atoms with Crippen LogP contribution in [0.15, 0.2) is 83.8 Å². The summed E-state index contributed by atoms with van der Waals surface area (Å²) in [6, 6.07) is 21.8. The predicted molar refractivity (Wildman–Crippen MR) is 123 cm³/mol. The number of anilines is 2. The van der Waals surface area contributed by atoms with Gasteiger partial charge in [0.1, 0.15) is 5.75 Å². The summed E-state index contributed by atoms with van der Waals surface area (Å²) in [7, 11) is -3.73. The van der Waals surface area contributed by atoms with Crippen molar-refractivity contribution in [1.29, 1.82) is 0 Å². The first kappa shape index (κ1) is 22.7. The molecule has 0 spiro atoms. The van der Waals surface area contributed by atoms with E-state index in [1.807, 2.05) is 6.07 Å². The highest BCUT2D eigenvalue weighted by Crippen LogP contribution is 2.26. The van der Waals surface area contributed by atoms with Gasteiger partial charge < -0.3 is 10.1 Å². The lowest BCUT2D eigenvalue weighted by atomic mass is 10.3. The monoisotopic (exact) mass is 458 g/mol. The molecule has 162 valence electrons. The standard InChI is InChI=1S/C23H23ClN2O4S/c1-3-26(19-9-5-4-6-10-19)31(28,29)20-15-13-18(14-16-20)25-23(27)17(2)30-22-12-8-7-11-21(22)24/h4-17H,3H2,1-2H3,(H,25,27). The quantitative estimate of drug-likeness (QED) is 0.517. The Hall–Kier alpha value is -3.03. The molecule has 3 aromatic rings. The van der Waals surface area contributed by atoms with Crippen molar-refractivity contribution < 1.29 is 17.9 Å². The average Bonchev–Trinajstić information content (AvgIpc) is 2.76. The van der Waals surface area contributed by atoms with Gasteiger partial charge in [0.25, 0.3) is 15.9 Å². The molecule has 1 N–H and O–H groups in total. The van der Waals surface area contributed by atoms with Crippen molar-refractivity contribution in [3.63, 3.8) is 0 Å². The number of ether oxygens (including phenoxy) is 1. The minimum atomic E-state index is -3.73. The second kappa shape index (κ2) is 9.85. The Labute approximate surface area is 187 Å². The molecule has 3 rings (SSSR count). The van der Waals surface area contributed by atoms with E-state index in [2.05, 4.69) is 5.32 Å². The van der Waals surface area contributed by atoms with E-state index in [9.17, 15) is 13.2 Å². The lowest BCUT2D eigenvalue weighted by Crippen LogP contribution is -2.31. The van der Waals surface area contributed by atoms with E-state index in [4.69, 9.17) is 16.3 Å². The van der Waals surface area contributed by atoms with E-state index < -0.39 is 16.1 Å². The van der Waals surface area contributed by atoms with Crippen LogP contribution in [0.3, 0.4) is 0 Å². The smallest absolute Gasteiger partial charge is 0.265 e. The molecule has 0 bridgehead atoms. The molecule has 6 nitrogen and oxygen atoms in total. The van der Waals surface area contributed by atoms with Crippen molar-refractivity contribution in [3.05, 3.63) is 83.9 Å². The maximum atomic E-state index is 13.0. The highest BCUT2D eigenvalue weighted by molar-refractivity contribution is 7.92. The van der Waals surface area contributed by atoms with Crippen molar-refractivity contribution in [2.75, 3.05) is 16.2 Å². The predicted octanol–water partition coefficient (Wildman–Crippen LogP) is 4.96. The number of amides is 1. The van der Waals surface area contributed by atoms with Gasteiger partial charge in [-0.05, 0) is 62.4 Å². The topological polar surface area (TPSA) is 75.7 Å². The molecule has 1 unspecified atom stereocenters. The molecule has 3 aromatic carbocycles. The number of carbonyl (C=O) groups is 1. The molecule has 0 aliphatic heterocycles. The molecule has 8 heteroatoms. The largest absolute Gasteiger partial charge is 0.479 e. The van der Waals surface area contributed by atoms with Gasteiger partial charge in [0.05, 0.1) is 15.6 Å². The van der Waals surface area contributed by atoms with Crippen LogP contribution in [0.1, 0.15) is 13.8 Å². The molecule has 0 saturated carbocycles. The number of hydrogen-bond acceptors (Lipinski definition) is 4. The molecule has 0 heterocycles. The number of para-hydroxylation sites is 2. The Morgan fingerprint density at radius 1 is 1.00 bits per heavy atom. The molecule has 0 saturated heterocycles. The lowest BCUT2D eigenvalue weighted by molar-refractivity contribution is -0.122. The fraction of sp³-hybridized carbons (Fsp3) is 0.174. The molecular formula is C23H23ClN2O4S. The fourth-order valence-corrected chi connectivity index (χ4v) is 4.61. The van der Waals surface area contributed by atoms with Crippen molar-refractivity contribution in [1.82, 2.24) is 0 Å². The highest BCUT2D eigenvalue weighted by atomic mass is 35.5. The average molecular weight is 459 g/mol. The van der Waals surface area contributed by atoms with E-state index >= 15 is 0 Å². The minimum absolute atomic E-state index is 0.136. The van der Waals surface area contributed by atoms with Gasteiger partial charge >= 0.3 is 0 Å². The van der Waals surface area contributed by atoms with Crippen molar-refractivity contribution in [2.45, 2.75) is 24.8 Å². The molecule has 0 aliphatic carbocycles. The summed E-state index contributed by atoms with van der Waals surface area (Å²) in [5, 5.41) is 3.13. The van der Waals surface area contributed by atoms with Gasteiger partial charge in [-0.25, -0.2) is 8.42 Å². The van der Waals surface area contributed by atoms with E-state index in [0.29, 0.717) is 28.7 Å². The van der Waals surface area contributed by atoms with Crippen molar-refractivity contribution in [3.8, 4) is 5.75 Å². The van der Waals surface area contributed by atoms with Crippen LogP contribution in [-0.2, 0) is 14.8 Å². The van der Waals surface area contributed by atoms with Gasteiger partial charge in [-0.15, -0.1) is 0 Å². The first-order valence-electron chi connectivity index (χ1n) is 9.73. The van der Waals surface area contributed by atoms with Gasteiger partial charge in [0, 0.05) is 12.2 Å². The summed E-state index contributed by atoms with van der Waals surface area (Å²) in [5.41, 5.74) is 1.05. The molecule has 31 heavy (non-hydrogen) atoms. The van der Waals surface area contributed by atoms with Gasteiger partial charge in [0.2, 0.25) is 0 Å². The summed E-state index contributed by atoms with van der Waals surface area (Å²) in [4.78, 5) is 12.6. The first-order valence-corrected chi connectivity index (χ1v) is 11.5. The zero-order valence-electron chi connectivity index (χ0n) is 17.2. The van der Waals surface area contributed by atoms with Gasteiger partial charge in [0.15, 0.2) is 6.10 Å². The Bertz CT molecular complexity index is 1140. The van der Waals surface area contributed by atoms with Gasteiger partial charge in [-0.3, -0.25) is 9.10 Å². The molecule has 1 amide bonds. The molecule has 0 radical (unpaired) electrons. The fourth-order valence-electron chi connectivity index (χ4n) is 2.95. The Balaban J connectivity index is 1.70. The summed E-state index contributed by atoms with van der Waals surface area (Å²) >= 11 is 6.06. The number of nitrogens with zero attached hydrogens (tertiary/aromatic N) is 1. The number of rotatable bonds is 8. The third kappa shape index (κ3) is 5.37. The van der Waals surface area contributed by atoms with Crippen molar-refractivity contribution >= 4 is 38.9 Å². The third-order valence-corrected chi connectivity index (χ3v) is 6.78. The van der Waals surface area contributed by atoms with Crippen LogP contribution in [0.5, 0.6) is 5.75 Å². The molecule has 1 atom stereocenters. The molecule has 0 fully saturated rings. The zero-order valence-corrected chi connectivity index (χ0v) is 18.7. The van der Waals surface area contributed by atoms with Crippen LogP contribution in [0.2, 0.25) is 5.02 Å². The van der Waals surface area contributed by atoms with Gasteiger partial charge in [-0.1, -0.05) is 41.9 Å². The van der Waals surface area contributed by atoms with E-state index in [1.54, 1.807) is 74.5 Å². The van der Waals surface area contributed by atoms with E-state index in [0.717, 1.165) is 0 Å². The number of sulfonamides is 1. The second-order valence-corrected chi connectivity index (χ2v) is 8.98. The molecule has 0 aliphatic rings. The van der Waals surface area contributed by atoms with Crippen LogP contribution >= 0.6 is 11.6 Å².